The third-order valence-electron chi connectivity index (χ3n) is 4.81. The smallest absolute Gasteiger partial charge is 0.275 e. The maximum absolute atomic E-state index is 12.3. The summed E-state index contributed by atoms with van der Waals surface area (Å²) in [7, 11) is 0. The van der Waals surface area contributed by atoms with Crippen molar-refractivity contribution in [1.29, 1.82) is 0 Å². The molecule has 25 heavy (non-hydrogen) atoms. The molecule has 5 heteroatoms. The van der Waals surface area contributed by atoms with Crippen LogP contribution in [-0.4, -0.2) is 29.0 Å². The number of piperidine rings is 1. The predicted molar refractivity (Wildman–Crippen MR) is 101 cm³/mol. The second-order valence-corrected chi connectivity index (χ2v) is 7.16. The highest BCUT2D eigenvalue weighted by molar-refractivity contribution is 6.02. The lowest BCUT2D eigenvalue weighted by atomic mass is 9.99. The van der Waals surface area contributed by atoms with Gasteiger partial charge in [-0.1, -0.05) is 32.9 Å². The number of anilines is 2. The highest BCUT2D eigenvalue weighted by atomic mass is 16.1. The number of hydrogen-bond donors (Lipinski definition) is 1. The molecule has 1 saturated heterocycles. The van der Waals surface area contributed by atoms with Gasteiger partial charge in [0.15, 0.2) is 0 Å². The van der Waals surface area contributed by atoms with Crippen LogP contribution >= 0.6 is 0 Å². The molecule has 1 aromatic carbocycles. The lowest BCUT2D eigenvalue weighted by molar-refractivity contribution is 0.102. The Kier molecular flexibility index (Phi) is 5.31. The van der Waals surface area contributed by atoms with E-state index in [1.165, 1.54) is 18.4 Å². The van der Waals surface area contributed by atoms with Crippen molar-refractivity contribution in [3.8, 4) is 0 Å². The average Bonchev–Trinajstić information content (AvgIpc) is 2.63. The monoisotopic (exact) mass is 338 g/mol. The number of hydrogen-bond acceptors (Lipinski definition) is 4. The Bertz CT molecular complexity index is 701. The molecular weight excluding hydrogens is 312 g/mol. The van der Waals surface area contributed by atoms with Crippen LogP contribution in [0.3, 0.4) is 0 Å². The van der Waals surface area contributed by atoms with Gasteiger partial charge in [-0.25, -0.2) is 9.97 Å². The highest BCUT2D eigenvalue weighted by Gasteiger charge is 2.18. The first-order chi connectivity index (χ1) is 12.0. The Hall–Kier alpha value is -2.43. The van der Waals surface area contributed by atoms with Crippen LogP contribution in [-0.2, 0) is 0 Å². The normalized spacial score (nSPS) is 15.4. The number of carbonyl (C=O) groups is 1. The van der Waals surface area contributed by atoms with Crippen LogP contribution in [0.25, 0.3) is 0 Å². The number of carbonyl (C=O) groups excluding carboxylic acids is 1. The van der Waals surface area contributed by atoms with Gasteiger partial charge in [-0.15, -0.1) is 0 Å². The molecule has 0 aliphatic carbocycles. The highest BCUT2D eigenvalue weighted by Crippen LogP contribution is 2.21. The molecule has 1 aliphatic rings. The van der Waals surface area contributed by atoms with Gasteiger partial charge in [0.1, 0.15) is 11.5 Å². The Balaban J connectivity index is 1.62. The molecule has 0 atom stereocenters. The van der Waals surface area contributed by atoms with E-state index in [2.05, 4.69) is 41.0 Å². The summed E-state index contributed by atoms with van der Waals surface area (Å²) in [6.45, 7) is 8.58. The van der Waals surface area contributed by atoms with Crippen molar-refractivity contribution in [3.63, 3.8) is 0 Å². The Morgan fingerprint density at radius 1 is 1.12 bits per heavy atom. The van der Waals surface area contributed by atoms with Gasteiger partial charge in [0.2, 0.25) is 0 Å². The van der Waals surface area contributed by atoms with E-state index in [-0.39, 0.29) is 5.91 Å². The zero-order chi connectivity index (χ0) is 17.8. The summed E-state index contributed by atoms with van der Waals surface area (Å²) < 4.78 is 0. The fourth-order valence-corrected chi connectivity index (χ4v) is 2.99. The molecule has 2 aromatic rings. The van der Waals surface area contributed by atoms with Gasteiger partial charge in [0, 0.05) is 18.8 Å². The molecule has 0 bridgehead atoms. The van der Waals surface area contributed by atoms with Gasteiger partial charge in [-0.05, 0) is 42.4 Å². The molecule has 3 rings (SSSR count). The van der Waals surface area contributed by atoms with Crippen molar-refractivity contribution in [1.82, 2.24) is 9.97 Å². The van der Waals surface area contributed by atoms with Gasteiger partial charge in [-0.3, -0.25) is 4.79 Å². The number of aromatic nitrogens is 2. The molecular formula is C20H26N4O. The average molecular weight is 338 g/mol. The molecule has 1 fully saturated rings. The van der Waals surface area contributed by atoms with Crippen molar-refractivity contribution < 1.29 is 4.79 Å². The molecule has 1 amide bonds. The molecule has 1 aliphatic heterocycles. The third-order valence-corrected chi connectivity index (χ3v) is 4.81. The lowest BCUT2D eigenvalue weighted by Crippen LogP contribution is -2.33. The molecule has 0 radical (unpaired) electrons. The van der Waals surface area contributed by atoms with E-state index in [0.29, 0.717) is 11.6 Å². The van der Waals surface area contributed by atoms with Crippen molar-refractivity contribution in [2.45, 2.75) is 39.5 Å². The Morgan fingerprint density at radius 2 is 1.80 bits per heavy atom. The molecule has 132 valence electrons. The second-order valence-electron chi connectivity index (χ2n) is 7.16. The van der Waals surface area contributed by atoms with E-state index < -0.39 is 0 Å². The van der Waals surface area contributed by atoms with Crippen LogP contribution in [0.4, 0.5) is 11.5 Å². The topological polar surface area (TPSA) is 58.1 Å². The first-order valence-electron chi connectivity index (χ1n) is 9.01. The fourth-order valence-electron chi connectivity index (χ4n) is 2.99. The number of rotatable bonds is 4. The van der Waals surface area contributed by atoms with E-state index in [9.17, 15) is 4.79 Å². The quantitative estimate of drug-likeness (QED) is 0.912. The van der Waals surface area contributed by atoms with Crippen LogP contribution in [0.2, 0.25) is 0 Å². The maximum Gasteiger partial charge on any atom is 0.275 e. The largest absolute Gasteiger partial charge is 0.355 e. The van der Waals surface area contributed by atoms with Gasteiger partial charge in [-0.2, -0.15) is 0 Å². The van der Waals surface area contributed by atoms with E-state index in [1.54, 1.807) is 12.4 Å². The molecule has 1 aromatic heterocycles. The van der Waals surface area contributed by atoms with Crippen molar-refractivity contribution in [2.75, 3.05) is 23.3 Å². The summed E-state index contributed by atoms with van der Waals surface area (Å²) in [5.41, 5.74) is 2.35. The Morgan fingerprint density at radius 3 is 2.36 bits per heavy atom. The number of nitrogens with one attached hydrogen (secondary N) is 1. The van der Waals surface area contributed by atoms with Crippen molar-refractivity contribution in [2.24, 2.45) is 5.92 Å². The summed E-state index contributed by atoms with van der Waals surface area (Å²) in [4.78, 5) is 23.3. The van der Waals surface area contributed by atoms with E-state index in [1.807, 2.05) is 24.3 Å². The number of amides is 1. The minimum atomic E-state index is -0.233. The van der Waals surface area contributed by atoms with Crippen LogP contribution in [0.15, 0.2) is 36.7 Å². The van der Waals surface area contributed by atoms with Gasteiger partial charge < -0.3 is 10.2 Å². The van der Waals surface area contributed by atoms with Crippen LogP contribution in [0, 0.1) is 5.92 Å². The first-order valence-corrected chi connectivity index (χ1v) is 9.01. The molecule has 5 nitrogen and oxygen atoms in total. The van der Waals surface area contributed by atoms with Crippen molar-refractivity contribution >= 4 is 17.4 Å². The van der Waals surface area contributed by atoms with Crippen LogP contribution in [0.5, 0.6) is 0 Å². The zero-order valence-electron chi connectivity index (χ0n) is 15.2. The van der Waals surface area contributed by atoms with Gasteiger partial charge >= 0.3 is 0 Å². The van der Waals surface area contributed by atoms with Gasteiger partial charge in [0.05, 0.1) is 12.4 Å². The van der Waals surface area contributed by atoms with Crippen LogP contribution < -0.4 is 10.2 Å². The molecule has 1 N–H and O–H groups in total. The number of benzene rings is 1. The van der Waals surface area contributed by atoms with Gasteiger partial charge in [0.25, 0.3) is 5.91 Å². The van der Waals surface area contributed by atoms with E-state index in [4.69, 9.17) is 0 Å². The standard InChI is InChI=1S/C20H26N4O/c1-14(2)16-4-6-17(7-5-16)23-20(25)18-12-22-19(13-21-18)24-10-8-15(3)9-11-24/h4-7,12-15H,8-11H2,1-3H3,(H,23,25). The minimum absolute atomic E-state index is 0.233. The SMILES string of the molecule is CC1CCN(c2cnc(C(=O)Nc3ccc(C(C)C)cc3)cn2)CC1. The van der Waals surface area contributed by atoms with E-state index in [0.717, 1.165) is 30.5 Å². The first kappa shape index (κ1) is 17.4. The second kappa shape index (κ2) is 7.64. The molecule has 0 unspecified atom stereocenters. The molecule has 0 spiro atoms. The van der Waals surface area contributed by atoms with Crippen molar-refractivity contribution in [3.05, 3.63) is 47.9 Å². The predicted octanol–water partition coefficient (Wildman–Crippen LogP) is 4.09. The van der Waals surface area contributed by atoms with Crippen LogP contribution in [0.1, 0.15) is 55.6 Å². The summed E-state index contributed by atoms with van der Waals surface area (Å²) in [5.74, 6) is 1.87. The van der Waals surface area contributed by atoms with E-state index >= 15 is 0 Å². The molecule has 2 heterocycles. The lowest BCUT2D eigenvalue weighted by Gasteiger charge is -2.30. The summed E-state index contributed by atoms with van der Waals surface area (Å²) in [6.07, 6.45) is 5.62. The maximum atomic E-state index is 12.3. The Labute approximate surface area is 149 Å². The summed E-state index contributed by atoms with van der Waals surface area (Å²) >= 11 is 0. The summed E-state index contributed by atoms with van der Waals surface area (Å²) in [5, 5.41) is 2.87. The third kappa shape index (κ3) is 4.35. The summed E-state index contributed by atoms with van der Waals surface area (Å²) in [6, 6.07) is 7.91. The number of nitrogens with zero attached hydrogens (tertiary/aromatic N) is 3. The minimum Gasteiger partial charge on any atom is -0.355 e. The fraction of sp³-hybridized carbons (Fsp3) is 0.450. The zero-order valence-corrected chi connectivity index (χ0v) is 15.2. The molecule has 0 saturated carbocycles.